The van der Waals surface area contributed by atoms with E-state index in [2.05, 4.69) is 24.3 Å². The molecule has 0 bridgehead atoms. The second-order valence-corrected chi connectivity index (χ2v) is 10.8. The summed E-state index contributed by atoms with van der Waals surface area (Å²) in [5.74, 6) is 1.87. The third kappa shape index (κ3) is 4.03. The van der Waals surface area contributed by atoms with Crippen LogP contribution in [-0.2, 0) is 23.2 Å². The summed E-state index contributed by atoms with van der Waals surface area (Å²) >= 11 is -0.486. The molecule has 0 unspecified atom stereocenters. The quantitative estimate of drug-likeness (QED) is 0.531. The summed E-state index contributed by atoms with van der Waals surface area (Å²) in [4.78, 5) is 0. The van der Waals surface area contributed by atoms with Crippen molar-refractivity contribution in [3.63, 3.8) is 0 Å². The minimum absolute atomic E-state index is 0. The van der Waals surface area contributed by atoms with E-state index in [9.17, 15) is 0 Å². The normalized spacial score (nSPS) is 24.5. The molecule has 4 aliphatic rings. The molecule has 0 nitrogen and oxygen atoms in total. The van der Waals surface area contributed by atoms with Gasteiger partial charge in [-0.25, -0.2) is 0 Å². The standard InChI is InChI=1S/2C10H13.2FH.Zr/c2*1-2-6-9(5-1)10-7-3-4-8-10;;;/h2*1,5,10H,2-4,7-8H2;2*1H;. The second-order valence-electron chi connectivity index (χ2n) is 7.17. The fourth-order valence-electron chi connectivity index (χ4n) is 4.71. The van der Waals surface area contributed by atoms with Crippen molar-refractivity contribution in [1.82, 2.24) is 0 Å². The van der Waals surface area contributed by atoms with Crippen molar-refractivity contribution < 1.29 is 32.6 Å². The van der Waals surface area contributed by atoms with E-state index in [1.54, 1.807) is 0 Å². The van der Waals surface area contributed by atoms with Crippen molar-refractivity contribution in [2.45, 2.75) is 64.2 Å². The minimum atomic E-state index is -0.486. The van der Waals surface area contributed by atoms with Crippen molar-refractivity contribution in [1.29, 1.82) is 0 Å². The molecule has 126 valence electrons. The number of hydrogen-bond donors (Lipinski definition) is 0. The molecule has 0 aliphatic heterocycles. The monoisotopic (exact) mass is 396 g/mol. The topological polar surface area (TPSA) is 0 Å². The molecule has 0 aromatic rings. The molecule has 2 fully saturated rings. The fourth-order valence-corrected chi connectivity index (χ4v) is 8.81. The summed E-state index contributed by atoms with van der Waals surface area (Å²) in [6.07, 6.45) is 24.3. The van der Waals surface area contributed by atoms with Crippen molar-refractivity contribution in [3.8, 4) is 0 Å². The molecule has 0 heterocycles. The van der Waals surface area contributed by atoms with Gasteiger partial charge in [0.1, 0.15) is 0 Å². The summed E-state index contributed by atoms with van der Waals surface area (Å²) in [6.45, 7) is 0. The third-order valence-electron chi connectivity index (χ3n) is 5.83. The maximum atomic E-state index is 2.50. The van der Waals surface area contributed by atoms with Crippen LogP contribution in [0.15, 0.2) is 42.0 Å². The van der Waals surface area contributed by atoms with E-state index in [-0.39, 0.29) is 9.41 Å². The molecule has 2 saturated carbocycles. The van der Waals surface area contributed by atoms with Crippen LogP contribution >= 0.6 is 0 Å². The number of halogens is 2. The van der Waals surface area contributed by atoms with Crippen LogP contribution < -0.4 is 0 Å². The van der Waals surface area contributed by atoms with Gasteiger partial charge in [-0.05, 0) is 0 Å². The first-order valence-electron chi connectivity index (χ1n) is 8.98. The number of allylic oxidation sites excluding steroid dienone is 8. The predicted octanol–water partition coefficient (Wildman–Crippen LogP) is 6.18. The Morgan fingerprint density at radius 2 is 1.04 bits per heavy atom. The van der Waals surface area contributed by atoms with Crippen LogP contribution in [-0.4, -0.2) is 0 Å². The Hall–Kier alpha value is -0.297. The van der Waals surface area contributed by atoms with Gasteiger partial charge in [0.15, 0.2) is 0 Å². The Kier molecular flexibility index (Phi) is 7.20. The van der Waals surface area contributed by atoms with Crippen molar-refractivity contribution in [2.75, 3.05) is 0 Å². The Balaban J connectivity index is 0.000000960. The molecule has 0 amide bonds. The van der Waals surface area contributed by atoms with Crippen LogP contribution in [0.4, 0.5) is 9.41 Å². The van der Waals surface area contributed by atoms with Crippen LogP contribution in [0.5, 0.6) is 0 Å². The Labute approximate surface area is 150 Å². The average Bonchev–Trinajstić information content (AvgIpc) is 3.28. The van der Waals surface area contributed by atoms with E-state index in [0.717, 1.165) is 11.8 Å². The van der Waals surface area contributed by atoms with Gasteiger partial charge in [-0.2, -0.15) is 0 Å². The predicted molar refractivity (Wildman–Crippen MR) is 90.5 cm³/mol. The van der Waals surface area contributed by atoms with Crippen LogP contribution in [0.25, 0.3) is 0 Å². The zero-order chi connectivity index (χ0) is 14.1. The second kappa shape index (κ2) is 8.70. The van der Waals surface area contributed by atoms with Gasteiger partial charge in [0, 0.05) is 0 Å². The van der Waals surface area contributed by atoms with E-state index >= 15 is 0 Å². The Bertz CT molecular complexity index is 482. The van der Waals surface area contributed by atoms with E-state index in [4.69, 9.17) is 0 Å². The van der Waals surface area contributed by atoms with E-state index < -0.39 is 23.2 Å². The molecule has 0 atom stereocenters. The van der Waals surface area contributed by atoms with Crippen LogP contribution in [0.3, 0.4) is 0 Å². The molecular formula is C20H28F2Zr. The van der Waals surface area contributed by atoms with Crippen molar-refractivity contribution >= 4 is 0 Å². The first kappa shape index (κ1) is 19.0. The first-order valence-corrected chi connectivity index (χ1v) is 11.4. The largest absolute Gasteiger partial charge is 0.269 e. The fraction of sp³-hybridized carbons (Fsp3) is 0.600. The third-order valence-corrected chi connectivity index (χ3v) is 9.73. The zero-order valence-electron chi connectivity index (χ0n) is 13.9. The Morgan fingerprint density at radius 1 is 0.652 bits per heavy atom. The first-order chi connectivity index (χ1) is 10.4. The van der Waals surface area contributed by atoms with Gasteiger partial charge in [0.05, 0.1) is 0 Å². The molecule has 0 aromatic heterocycles. The maximum Gasteiger partial charge on any atom is -0.269 e. The van der Waals surface area contributed by atoms with Crippen molar-refractivity contribution in [2.24, 2.45) is 11.8 Å². The molecule has 0 saturated heterocycles. The molecule has 0 radical (unpaired) electrons. The van der Waals surface area contributed by atoms with Gasteiger partial charge in [0.2, 0.25) is 0 Å². The van der Waals surface area contributed by atoms with Gasteiger partial charge >= 0.3 is 141 Å². The summed E-state index contributed by atoms with van der Waals surface area (Å²) < 4.78 is 3.86. The Morgan fingerprint density at radius 3 is 1.43 bits per heavy atom. The molecule has 0 N–H and O–H groups in total. The van der Waals surface area contributed by atoms with E-state index in [0.29, 0.717) is 0 Å². The van der Waals surface area contributed by atoms with Crippen LogP contribution in [0, 0.1) is 11.8 Å². The maximum absolute atomic E-state index is 2.50. The van der Waals surface area contributed by atoms with Crippen LogP contribution in [0.1, 0.15) is 64.2 Å². The summed E-state index contributed by atoms with van der Waals surface area (Å²) in [5.41, 5.74) is 3.62. The van der Waals surface area contributed by atoms with Gasteiger partial charge in [-0.3, -0.25) is 9.41 Å². The van der Waals surface area contributed by atoms with E-state index in [1.165, 1.54) is 64.2 Å². The molecule has 4 rings (SSSR count). The molecule has 0 spiro atoms. The summed E-state index contributed by atoms with van der Waals surface area (Å²) in [6, 6.07) is 0. The molecule has 3 heteroatoms. The SMILES string of the molecule is C1=CC(C2CCCC2)=[C]([Zr][C]2=C(C3CCCC3)C=CC2)C1.F.F. The van der Waals surface area contributed by atoms with Gasteiger partial charge in [-0.15, -0.1) is 0 Å². The number of rotatable bonds is 4. The summed E-state index contributed by atoms with van der Waals surface area (Å²) in [7, 11) is 0. The number of hydrogen-bond acceptors (Lipinski definition) is 0. The zero-order valence-corrected chi connectivity index (χ0v) is 16.3. The summed E-state index contributed by atoms with van der Waals surface area (Å²) in [5, 5.41) is 0. The molecule has 4 aliphatic carbocycles. The van der Waals surface area contributed by atoms with Gasteiger partial charge < -0.3 is 0 Å². The van der Waals surface area contributed by atoms with Gasteiger partial charge in [-0.1, -0.05) is 0 Å². The smallest absolute Gasteiger partial charge is 0.269 e. The van der Waals surface area contributed by atoms with Gasteiger partial charge in [0.25, 0.3) is 0 Å². The van der Waals surface area contributed by atoms with Crippen molar-refractivity contribution in [3.05, 3.63) is 42.0 Å². The van der Waals surface area contributed by atoms with E-state index in [1.807, 2.05) is 17.7 Å². The van der Waals surface area contributed by atoms with Crippen LogP contribution in [0.2, 0.25) is 0 Å². The average molecular weight is 398 g/mol. The molecule has 0 aromatic carbocycles. The molecule has 23 heavy (non-hydrogen) atoms. The minimum Gasteiger partial charge on any atom is -0.269 e. The molecular weight excluding hydrogens is 369 g/mol.